The topological polar surface area (TPSA) is 85.2 Å². The highest BCUT2D eigenvalue weighted by Gasteiger charge is 2.37. The predicted octanol–water partition coefficient (Wildman–Crippen LogP) is 4.94. The summed E-state index contributed by atoms with van der Waals surface area (Å²) < 4.78 is 44.3. The van der Waals surface area contributed by atoms with Crippen molar-refractivity contribution in [1.29, 1.82) is 0 Å². The number of hydrogen-bond acceptors (Lipinski definition) is 4. The van der Waals surface area contributed by atoms with Crippen LogP contribution in [-0.4, -0.2) is 40.0 Å². The number of aromatic nitrogens is 2. The molecular formula is C25H33F3N4O3. The van der Waals surface area contributed by atoms with Gasteiger partial charge in [-0.3, -0.25) is 14.3 Å². The van der Waals surface area contributed by atoms with E-state index in [1.165, 1.54) is 24.6 Å². The predicted molar refractivity (Wildman–Crippen MR) is 125 cm³/mol. The molecule has 7 nitrogen and oxygen atoms in total. The van der Waals surface area contributed by atoms with Gasteiger partial charge in [0.1, 0.15) is 11.8 Å². The number of rotatable bonds is 7. The molecule has 0 bridgehead atoms. The van der Waals surface area contributed by atoms with E-state index in [0.717, 1.165) is 38.5 Å². The maximum atomic E-state index is 13.4. The van der Waals surface area contributed by atoms with Crippen LogP contribution in [0.4, 0.5) is 13.2 Å². The second kappa shape index (κ2) is 9.70. The van der Waals surface area contributed by atoms with Gasteiger partial charge in [0, 0.05) is 18.0 Å². The number of carbonyl (C=O) groups is 2. The van der Waals surface area contributed by atoms with Gasteiger partial charge in [-0.05, 0) is 55.2 Å². The van der Waals surface area contributed by atoms with Gasteiger partial charge in [0.05, 0.1) is 5.52 Å². The van der Waals surface area contributed by atoms with E-state index < -0.39 is 29.5 Å². The minimum Gasteiger partial charge on any atom is -0.406 e. The fourth-order valence-corrected chi connectivity index (χ4v) is 4.66. The molecule has 2 amide bonds. The summed E-state index contributed by atoms with van der Waals surface area (Å²) in [6.07, 6.45) is 2.51. The maximum absolute atomic E-state index is 13.4. The van der Waals surface area contributed by atoms with Gasteiger partial charge in [0.15, 0.2) is 5.69 Å². The van der Waals surface area contributed by atoms with Crippen molar-refractivity contribution in [2.45, 2.75) is 90.7 Å². The molecular weight excluding hydrogens is 461 g/mol. The number of nitrogens with zero attached hydrogens (tertiary/aromatic N) is 2. The van der Waals surface area contributed by atoms with Gasteiger partial charge in [-0.1, -0.05) is 40.0 Å². The second-order valence-electron chi connectivity index (χ2n) is 10.8. The molecule has 1 atom stereocenters. The van der Waals surface area contributed by atoms with Crippen molar-refractivity contribution in [3.8, 4) is 5.75 Å². The van der Waals surface area contributed by atoms with Gasteiger partial charge in [0.25, 0.3) is 5.91 Å². The molecule has 2 N–H and O–H groups in total. The molecule has 1 heterocycles. The highest BCUT2D eigenvalue weighted by molar-refractivity contribution is 6.06. The number of halogens is 3. The Labute approximate surface area is 202 Å². The SMILES string of the molecule is CC(C)(C)[C@H](NC(=O)c1nn(CC2CCCCC2)c2ccc(OC(F)(F)F)cc12)C(=O)NC1CC1. The first kappa shape index (κ1) is 25.3. The first-order chi connectivity index (χ1) is 16.4. The summed E-state index contributed by atoms with van der Waals surface area (Å²) in [6, 6.07) is 3.23. The van der Waals surface area contributed by atoms with E-state index in [-0.39, 0.29) is 23.0 Å². The molecule has 0 saturated heterocycles. The van der Waals surface area contributed by atoms with Crippen molar-refractivity contribution in [2.75, 3.05) is 0 Å². The Bertz CT molecular complexity index is 1080. The van der Waals surface area contributed by atoms with Crippen molar-refractivity contribution in [1.82, 2.24) is 20.4 Å². The zero-order valence-corrected chi connectivity index (χ0v) is 20.4. The highest BCUT2D eigenvalue weighted by atomic mass is 19.4. The molecule has 0 radical (unpaired) electrons. The number of amides is 2. The molecule has 2 aliphatic carbocycles. The molecule has 2 saturated carbocycles. The summed E-state index contributed by atoms with van der Waals surface area (Å²) >= 11 is 0. The Balaban J connectivity index is 1.66. The molecule has 10 heteroatoms. The lowest BCUT2D eigenvalue weighted by atomic mass is 9.86. The lowest BCUT2D eigenvalue weighted by molar-refractivity contribution is -0.274. The van der Waals surface area contributed by atoms with Gasteiger partial charge < -0.3 is 15.4 Å². The van der Waals surface area contributed by atoms with Crippen molar-refractivity contribution in [2.24, 2.45) is 11.3 Å². The van der Waals surface area contributed by atoms with Crippen LogP contribution < -0.4 is 15.4 Å². The molecule has 0 spiro atoms. The molecule has 192 valence electrons. The number of nitrogens with one attached hydrogen (secondary N) is 2. The standard InChI is InChI=1S/C25H33F3N4O3/c1-24(2,3)21(23(34)29-16-9-10-16)30-22(33)20-18-13-17(35-25(26,27)28)11-12-19(18)32(31-20)14-15-7-5-4-6-8-15/h11-13,15-16,21H,4-10,14H2,1-3H3,(H,29,34)(H,30,33)/t21-/m1/s1. The maximum Gasteiger partial charge on any atom is 0.573 e. The molecule has 2 fully saturated rings. The van der Waals surface area contributed by atoms with E-state index in [4.69, 9.17) is 0 Å². The zero-order chi connectivity index (χ0) is 25.4. The zero-order valence-electron chi connectivity index (χ0n) is 20.4. The van der Waals surface area contributed by atoms with Crippen LogP contribution in [0.3, 0.4) is 0 Å². The van der Waals surface area contributed by atoms with Crippen LogP contribution in [0.15, 0.2) is 18.2 Å². The Morgan fingerprint density at radius 3 is 2.40 bits per heavy atom. The molecule has 2 aliphatic rings. The van der Waals surface area contributed by atoms with Crippen molar-refractivity contribution in [3.05, 3.63) is 23.9 Å². The third-order valence-corrected chi connectivity index (χ3v) is 6.65. The van der Waals surface area contributed by atoms with E-state index in [1.807, 2.05) is 20.8 Å². The van der Waals surface area contributed by atoms with E-state index in [1.54, 1.807) is 4.68 Å². The smallest absolute Gasteiger partial charge is 0.406 e. The Hall–Kier alpha value is -2.78. The van der Waals surface area contributed by atoms with Gasteiger partial charge >= 0.3 is 6.36 Å². The van der Waals surface area contributed by atoms with Crippen molar-refractivity contribution < 1.29 is 27.5 Å². The lowest BCUT2D eigenvalue weighted by Gasteiger charge is -2.30. The van der Waals surface area contributed by atoms with E-state index >= 15 is 0 Å². The highest BCUT2D eigenvalue weighted by Crippen LogP contribution is 2.31. The van der Waals surface area contributed by atoms with Crippen LogP contribution in [0.2, 0.25) is 0 Å². The third-order valence-electron chi connectivity index (χ3n) is 6.65. The number of fused-ring (bicyclic) bond motifs is 1. The van der Waals surface area contributed by atoms with Crippen LogP contribution in [0, 0.1) is 11.3 Å². The summed E-state index contributed by atoms with van der Waals surface area (Å²) in [4.78, 5) is 26.2. The number of hydrogen-bond donors (Lipinski definition) is 2. The van der Waals surface area contributed by atoms with Gasteiger partial charge in [-0.15, -0.1) is 13.2 Å². The first-order valence-electron chi connectivity index (χ1n) is 12.3. The molecule has 2 aromatic rings. The Kier molecular flexibility index (Phi) is 7.02. The monoisotopic (exact) mass is 494 g/mol. The molecule has 0 unspecified atom stereocenters. The van der Waals surface area contributed by atoms with Gasteiger partial charge in [0.2, 0.25) is 5.91 Å². The first-order valence-corrected chi connectivity index (χ1v) is 12.3. The summed E-state index contributed by atoms with van der Waals surface area (Å²) in [5.74, 6) is -0.913. The number of ether oxygens (including phenoxy) is 1. The number of carbonyl (C=O) groups excluding carboxylic acids is 2. The average molecular weight is 495 g/mol. The number of benzene rings is 1. The summed E-state index contributed by atoms with van der Waals surface area (Å²) in [7, 11) is 0. The molecule has 0 aliphatic heterocycles. The lowest BCUT2D eigenvalue weighted by Crippen LogP contribution is -2.54. The fraction of sp³-hybridized carbons (Fsp3) is 0.640. The minimum absolute atomic E-state index is 0.0168. The van der Waals surface area contributed by atoms with Crippen LogP contribution in [0.1, 0.15) is 76.2 Å². The normalized spacial score (nSPS) is 18.3. The van der Waals surface area contributed by atoms with Crippen LogP contribution in [-0.2, 0) is 11.3 Å². The average Bonchev–Trinajstić information content (AvgIpc) is 3.50. The van der Waals surface area contributed by atoms with Crippen LogP contribution >= 0.6 is 0 Å². The summed E-state index contributed by atoms with van der Waals surface area (Å²) in [5.41, 5.74) is -0.0403. The Morgan fingerprint density at radius 1 is 1.11 bits per heavy atom. The largest absolute Gasteiger partial charge is 0.573 e. The molecule has 35 heavy (non-hydrogen) atoms. The van der Waals surface area contributed by atoms with Crippen LogP contribution in [0.5, 0.6) is 5.75 Å². The number of alkyl halides is 3. The third kappa shape index (κ3) is 6.46. The van der Waals surface area contributed by atoms with Gasteiger partial charge in [-0.2, -0.15) is 5.10 Å². The van der Waals surface area contributed by atoms with Crippen LogP contribution in [0.25, 0.3) is 10.9 Å². The summed E-state index contributed by atoms with van der Waals surface area (Å²) in [6.45, 7) is 6.12. The Morgan fingerprint density at radius 2 is 1.80 bits per heavy atom. The van der Waals surface area contributed by atoms with Gasteiger partial charge in [-0.25, -0.2) is 0 Å². The summed E-state index contributed by atoms with van der Waals surface area (Å²) in [5, 5.41) is 10.5. The molecule has 1 aromatic heterocycles. The van der Waals surface area contributed by atoms with Crippen molar-refractivity contribution >= 4 is 22.7 Å². The van der Waals surface area contributed by atoms with E-state index in [0.29, 0.717) is 18.0 Å². The van der Waals surface area contributed by atoms with E-state index in [2.05, 4.69) is 20.5 Å². The fourth-order valence-electron chi connectivity index (χ4n) is 4.66. The molecule has 1 aromatic carbocycles. The molecule has 4 rings (SSSR count). The van der Waals surface area contributed by atoms with E-state index in [9.17, 15) is 22.8 Å². The quantitative estimate of drug-likeness (QED) is 0.571. The van der Waals surface area contributed by atoms with Crippen molar-refractivity contribution in [3.63, 3.8) is 0 Å². The second-order valence-corrected chi connectivity index (χ2v) is 10.8. The minimum atomic E-state index is -4.85.